The lowest BCUT2D eigenvalue weighted by Crippen LogP contribution is -2.40. The Morgan fingerprint density at radius 1 is 1.50 bits per heavy atom. The van der Waals surface area contributed by atoms with E-state index in [0.717, 1.165) is 24.5 Å². The molecule has 1 unspecified atom stereocenters. The zero-order valence-corrected chi connectivity index (χ0v) is 13.2. The zero-order valence-electron chi connectivity index (χ0n) is 12.4. The summed E-state index contributed by atoms with van der Waals surface area (Å²) in [5.41, 5.74) is 0.462. The van der Waals surface area contributed by atoms with Crippen molar-refractivity contribution in [2.75, 3.05) is 25.1 Å². The van der Waals surface area contributed by atoms with Crippen LogP contribution in [0.15, 0.2) is 29.9 Å². The lowest BCUT2D eigenvalue weighted by Gasteiger charge is -2.24. The number of carbonyl (C=O) groups is 1. The SMILES string of the molecule is COc1ncccc1C(=O)NCC1CCCN1c1nccs1. The Hall–Kier alpha value is -2.15. The monoisotopic (exact) mass is 318 g/mol. The molecule has 0 radical (unpaired) electrons. The number of carbonyl (C=O) groups excluding carboxylic acids is 1. The molecule has 7 heteroatoms. The minimum atomic E-state index is -0.157. The molecule has 1 fully saturated rings. The van der Waals surface area contributed by atoms with Crippen molar-refractivity contribution < 1.29 is 9.53 Å². The van der Waals surface area contributed by atoms with Crippen LogP contribution in [0.1, 0.15) is 23.2 Å². The fourth-order valence-electron chi connectivity index (χ4n) is 2.69. The van der Waals surface area contributed by atoms with Crippen LogP contribution in [0, 0.1) is 0 Å². The van der Waals surface area contributed by atoms with Gasteiger partial charge in [0.25, 0.3) is 5.91 Å². The summed E-state index contributed by atoms with van der Waals surface area (Å²) in [7, 11) is 1.51. The van der Waals surface area contributed by atoms with Gasteiger partial charge in [0.15, 0.2) is 5.13 Å². The van der Waals surface area contributed by atoms with E-state index in [2.05, 4.69) is 20.2 Å². The Morgan fingerprint density at radius 2 is 2.41 bits per heavy atom. The molecular weight excluding hydrogens is 300 g/mol. The molecule has 6 nitrogen and oxygen atoms in total. The predicted octanol–water partition coefficient (Wildman–Crippen LogP) is 1.95. The van der Waals surface area contributed by atoms with Gasteiger partial charge < -0.3 is 15.0 Å². The maximum Gasteiger partial charge on any atom is 0.256 e. The molecule has 1 N–H and O–H groups in total. The quantitative estimate of drug-likeness (QED) is 0.912. The number of ether oxygens (including phenoxy) is 1. The molecule has 0 spiro atoms. The van der Waals surface area contributed by atoms with E-state index < -0.39 is 0 Å². The zero-order chi connectivity index (χ0) is 15.4. The van der Waals surface area contributed by atoms with E-state index in [1.54, 1.807) is 29.7 Å². The number of nitrogens with zero attached hydrogens (tertiary/aromatic N) is 3. The first-order valence-corrected chi connectivity index (χ1v) is 8.11. The summed E-state index contributed by atoms with van der Waals surface area (Å²) >= 11 is 1.63. The average molecular weight is 318 g/mol. The summed E-state index contributed by atoms with van der Waals surface area (Å²) in [4.78, 5) is 23.0. The van der Waals surface area contributed by atoms with Gasteiger partial charge in [-0.25, -0.2) is 9.97 Å². The van der Waals surface area contributed by atoms with Crippen molar-refractivity contribution >= 4 is 22.4 Å². The van der Waals surface area contributed by atoms with E-state index >= 15 is 0 Å². The van der Waals surface area contributed by atoms with Gasteiger partial charge in [0.2, 0.25) is 5.88 Å². The average Bonchev–Trinajstić information content (AvgIpc) is 3.23. The minimum absolute atomic E-state index is 0.157. The van der Waals surface area contributed by atoms with Crippen LogP contribution in [-0.2, 0) is 0 Å². The Balaban J connectivity index is 1.63. The van der Waals surface area contributed by atoms with Crippen LogP contribution in [-0.4, -0.2) is 42.1 Å². The second-order valence-electron chi connectivity index (χ2n) is 5.07. The number of hydrogen-bond acceptors (Lipinski definition) is 6. The normalized spacial score (nSPS) is 17.5. The fraction of sp³-hybridized carbons (Fsp3) is 0.400. The number of hydrogen-bond donors (Lipinski definition) is 1. The third kappa shape index (κ3) is 3.04. The van der Waals surface area contributed by atoms with Gasteiger partial charge in [0.05, 0.1) is 7.11 Å². The summed E-state index contributed by atoms with van der Waals surface area (Å²) in [6.45, 7) is 1.58. The van der Waals surface area contributed by atoms with Crippen molar-refractivity contribution in [3.05, 3.63) is 35.5 Å². The van der Waals surface area contributed by atoms with Crippen LogP contribution in [0.3, 0.4) is 0 Å². The van der Waals surface area contributed by atoms with Crippen molar-refractivity contribution in [3.63, 3.8) is 0 Å². The molecule has 3 heterocycles. The van der Waals surface area contributed by atoms with E-state index in [0.29, 0.717) is 18.0 Å². The van der Waals surface area contributed by atoms with E-state index in [1.807, 2.05) is 11.6 Å². The van der Waals surface area contributed by atoms with Crippen molar-refractivity contribution in [1.29, 1.82) is 0 Å². The van der Waals surface area contributed by atoms with Crippen molar-refractivity contribution in [2.24, 2.45) is 0 Å². The molecule has 0 aliphatic carbocycles. The predicted molar refractivity (Wildman–Crippen MR) is 85.6 cm³/mol. The molecule has 1 atom stereocenters. The van der Waals surface area contributed by atoms with Crippen molar-refractivity contribution in [1.82, 2.24) is 15.3 Å². The molecule has 0 aromatic carbocycles. The van der Waals surface area contributed by atoms with Crippen LogP contribution >= 0.6 is 11.3 Å². The molecular formula is C15H18N4O2S. The molecule has 1 amide bonds. The summed E-state index contributed by atoms with van der Waals surface area (Å²) < 4.78 is 5.13. The van der Waals surface area contributed by atoms with Crippen molar-refractivity contribution in [2.45, 2.75) is 18.9 Å². The van der Waals surface area contributed by atoms with Crippen molar-refractivity contribution in [3.8, 4) is 5.88 Å². The molecule has 1 aliphatic rings. The number of rotatable bonds is 5. The molecule has 2 aromatic heterocycles. The van der Waals surface area contributed by atoms with Gasteiger partial charge in [-0.15, -0.1) is 11.3 Å². The Kier molecular flexibility index (Phi) is 4.53. The first-order valence-electron chi connectivity index (χ1n) is 7.23. The molecule has 0 saturated carbocycles. The highest BCUT2D eigenvalue weighted by Gasteiger charge is 2.27. The highest BCUT2D eigenvalue weighted by Crippen LogP contribution is 2.26. The second-order valence-corrected chi connectivity index (χ2v) is 5.95. The molecule has 1 saturated heterocycles. The third-order valence-corrected chi connectivity index (χ3v) is 4.56. The van der Waals surface area contributed by atoms with Gasteiger partial charge in [-0.2, -0.15) is 0 Å². The Labute approximate surface area is 133 Å². The number of methoxy groups -OCH3 is 1. The molecule has 0 bridgehead atoms. The number of anilines is 1. The Morgan fingerprint density at radius 3 is 3.18 bits per heavy atom. The summed E-state index contributed by atoms with van der Waals surface area (Å²) in [5.74, 6) is 0.194. The molecule has 2 aromatic rings. The highest BCUT2D eigenvalue weighted by atomic mass is 32.1. The van der Waals surface area contributed by atoms with E-state index in [-0.39, 0.29) is 11.9 Å². The number of thiazole rings is 1. The largest absolute Gasteiger partial charge is 0.480 e. The number of nitrogens with one attached hydrogen (secondary N) is 1. The van der Waals surface area contributed by atoms with Gasteiger partial charge in [-0.05, 0) is 25.0 Å². The first kappa shape index (κ1) is 14.8. The van der Waals surface area contributed by atoms with E-state index in [1.165, 1.54) is 7.11 Å². The van der Waals surface area contributed by atoms with Gasteiger partial charge in [-0.1, -0.05) is 0 Å². The summed E-state index contributed by atoms with van der Waals surface area (Å²) in [6, 6.07) is 3.74. The van der Waals surface area contributed by atoms with Gasteiger partial charge >= 0.3 is 0 Å². The van der Waals surface area contributed by atoms with Crippen LogP contribution in [0.2, 0.25) is 0 Å². The van der Waals surface area contributed by atoms with Crippen LogP contribution in [0.25, 0.3) is 0 Å². The van der Waals surface area contributed by atoms with E-state index in [9.17, 15) is 4.79 Å². The molecule has 22 heavy (non-hydrogen) atoms. The van der Waals surface area contributed by atoms with Gasteiger partial charge in [0, 0.05) is 36.9 Å². The van der Waals surface area contributed by atoms with Crippen LogP contribution < -0.4 is 15.0 Å². The Bertz CT molecular complexity index is 632. The third-order valence-electron chi connectivity index (χ3n) is 3.75. The fourth-order valence-corrected chi connectivity index (χ4v) is 3.43. The maximum atomic E-state index is 12.3. The summed E-state index contributed by atoms with van der Waals surface area (Å²) in [6.07, 6.45) is 5.60. The molecule has 116 valence electrons. The highest BCUT2D eigenvalue weighted by molar-refractivity contribution is 7.13. The summed E-state index contributed by atoms with van der Waals surface area (Å²) in [5, 5.41) is 5.98. The number of aromatic nitrogens is 2. The first-order chi connectivity index (χ1) is 10.8. The van der Waals surface area contributed by atoms with Crippen LogP contribution in [0.4, 0.5) is 5.13 Å². The lowest BCUT2D eigenvalue weighted by atomic mass is 10.2. The smallest absolute Gasteiger partial charge is 0.256 e. The number of pyridine rings is 1. The molecule has 3 rings (SSSR count). The number of amides is 1. The molecule has 1 aliphatic heterocycles. The van der Waals surface area contributed by atoms with Gasteiger partial charge in [0.1, 0.15) is 5.56 Å². The minimum Gasteiger partial charge on any atom is -0.480 e. The topological polar surface area (TPSA) is 67.3 Å². The standard InChI is InChI=1S/C15H18N4O2S/c1-21-14-12(5-2-6-16-14)13(20)18-10-11-4-3-8-19(11)15-17-7-9-22-15/h2,5-7,9,11H,3-4,8,10H2,1H3,(H,18,20). The van der Waals surface area contributed by atoms with E-state index in [4.69, 9.17) is 4.74 Å². The lowest BCUT2D eigenvalue weighted by molar-refractivity contribution is 0.0947. The van der Waals surface area contributed by atoms with Crippen LogP contribution in [0.5, 0.6) is 5.88 Å². The second kappa shape index (κ2) is 6.74. The van der Waals surface area contributed by atoms with Gasteiger partial charge in [-0.3, -0.25) is 4.79 Å². The maximum absolute atomic E-state index is 12.3.